The first-order chi connectivity index (χ1) is 10.2. The molecule has 2 rings (SSSR count). The fraction of sp³-hybridized carbons (Fsp3) is 0.500. The van der Waals surface area contributed by atoms with Gasteiger partial charge in [0.2, 0.25) is 5.16 Å². The number of tetrazole rings is 1. The number of aromatic nitrogens is 4. The minimum Gasteiger partial charge on any atom is -0.497 e. The van der Waals surface area contributed by atoms with Crippen LogP contribution in [-0.4, -0.2) is 39.9 Å². The highest BCUT2D eigenvalue weighted by molar-refractivity contribution is 7.98. The zero-order valence-electron chi connectivity index (χ0n) is 12.6. The molecule has 7 heteroatoms. The Kier molecular flexibility index (Phi) is 6.01. The molecular formula is C14H21N5OS. The number of methoxy groups -OCH3 is 1. The van der Waals surface area contributed by atoms with Crippen molar-refractivity contribution in [3.05, 3.63) is 29.8 Å². The van der Waals surface area contributed by atoms with Gasteiger partial charge >= 0.3 is 0 Å². The van der Waals surface area contributed by atoms with Gasteiger partial charge in [-0.1, -0.05) is 37.7 Å². The molecule has 0 saturated carbocycles. The van der Waals surface area contributed by atoms with Gasteiger partial charge < -0.3 is 10.1 Å². The normalized spacial score (nSPS) is 11.0. The van der Waals surface area contributed by atoms with Crippen molar-refractivity contribution in [3.63, 3.8) is 0 Å². The Morgan fingerprint density at radius 3 is 2.71 bits per heavy atom. The van der Waals surface area contributed by atoms with Gasteiger partial charge in [0.1, 0.15) is 5.75 Å². The Morgan fingerprint density at radius 2 is 2.05 bits per heavy atom. The second-order valence-corrected chi connectivity index (χ2v) is 5.87. The summed E-state index contributed by atoms with van der Waals surface area (Å²) in [5.41, 5.74) is 1.22. The fourth-order valence-electron chi connectivity index (χ4n) is 1.77. The molecule has 114 valence electrons. The molecule has 1 aromatic carbocycles. The highest BCUT2D eigenvalue weighted by Crippen LogP contribution is 2.21. The van der Waals surface area contributed by atoms with Crippen LogP contribution in [0, 0.1) is 0 Å². The van der Waals surface area contributed by atoms with Crippen LogP contribution in [0.5, 0.6) is 5.75 Å². The van der Waals surface area contributed by atoms with E-state index in [-0.39, 0.29) is 0 Å². The largest absolute Gasteiger partial charge is 0.497 e. The summed E-state index contributed by atoms with van der Waals surface area (Å²) in [6.07, 6.45) is 0. The Morgan fingerprint density at radius 1 is 1.29 bits per heavy atom. The lowest BCUT2D eigenvalue weighted by Gasteiger charge is -2.08. The predicted octanol–water partition coefficient (Wildman–Crippen LogP) is 1.97. The highest BCUT2D eigenvalue weighted by atomic mass is 32.2. The summed E-state index contributed by atoms with van der Waals surface area (Å²) in [4.78, 5) is 0. The predicted molar refractivity (Wildman–Crippen MR) is 83.5 cm³/mol. The molecule has 0 aliphatic carbocycles. The third kappa shape index (κ3) is 5.02. The maximum Gasteiger partial charge on any atom is 0.209 e. The molecule has 1 aromatic heterocycles. The number of rotatable bonds is 8. The maximum atomic E-state index is 5.15. The molecule has 1 N–H and O–H groups in total. The Balaban J connectivity index is 1.86. The second kappa shape index (κ2) is 7.99. The quantitative estimate of drug-likeness (QED) is 0.752. The van der Waals surface area contributed by atoms with E-state index >= 15 is 0 Å². The van der Waals surface area contributed by atoms with E-state index in [4.69, 9.17) is 4.74 Å². The van der Waals surface area contributed by atoms with Crippen LogP contribution in [0.4, 0.5) is 0 Å². The van der Waals surface area contributed by atoms with Crippen molar-refractivity contribution in [2.24, 2.45) is 0 Å². The van der Waals surface area contributed by atoms with Gasteiger partial charge in [0.15, 0.2) is 0 Å². The molecule has 0 bridgehead atoms. The molecule has 0 fully saturated rings. The van der Waals surface area contributed by atoms with Crippen LogP contribution >= 0.6 is 11.8 Å². The van der Waals surface area contributed by atoms with Gasteiger partial charge in [0, 0.05) is 18.3 Å². The lowest BCUT2D eigenvalue weighted by atomic mass is 10.2. The molecule has 2 aromatic rings. The standard InChI is InChI=1S/C14H21N5OS/c1-11(2)15-8-9-19-14(16-17-18-19)21-10-12-4-6-13(20-3)7-5-12/h4-7,11,15H,8-10H2,1-3H3. The average Bonchev–Trinajstić information content (AvgIpc) is 2.93. The van der Waals surface area contributed by atoms with Gasteiger partial charge in [-0.05, 0) is 28.1 Å². The summed E-state index contributed by atoms with van der Waals surface area (Å²) >= 11 is 1.64. The van der Waals surface area contributed by atoms with Gasteiger partial charge in [0.05, 0.1) is 13.7 Å². The van der Waals surface area contributed by atoms with Gasteiger partial charge in [-0.15, -0.1) is 5.10 Å². The topological polar surface area (TPSA) is 64.9 Å². The Bertz CT molecular complexity index is 541. The van der Waals surface area contributed by atoms with E-state index in [0.717, 1.165) is 29.7 Å². The first kappa shape index (κ1) is 15.8. The monoisotopic (exact) mass is 307 g/mol. The first-order valence-corrected chi connectivity index (χ1v) is 7.93. The van der Waals surface area contributed by atoms with E-state index in [9.17, 15) is 0 Å². The van der Waals surface area contributed by atoms with Crippen molar-refractivity contribution in [2.75, 3.05) is 13.7 Å². The molecule has 0 aliphatic rings. The van der Waals surface area contributed by atoms with Crippen molar-refractivity contribution in [1.29, 1.82) is 0 Å². The molecule has 1 heterocycles. The van der Waals surface area contributed by atoms with Gasteiger partial charge in [0.25, 0.3) is 0 Å². The Labute approximate surface area is 129 Å². The molecule has 21 heavy (non-hydrogen) atoms. The van der Waals surface area contributed by atoms with E-state index in [2.05, 4.69) is 46.8 Å². The Hall–Kier alpha value is -1.60. The lowest BCUT2D eigenvalue weighted by Crippen LogP contribution is -2.27. The van der Waals surface area contributed by atoms with Crippen molar-refractivity contribution >= 4 is 11.8 Å². The van der Waals surface area contributed by atoms with Crippen molar-refractivity contribution in [2.45, 2.75) is 37.3 Å². The van der Waals surface area contributed by atoms with E-state index in [1.807, 2.05) is 16.8 Å². The first-order valence-electron chi connectivity index (χ1n) is 6.94. The van der Waals surface area contributed by atoms with Crippen LogP contribution < -0.4 is 10.1 Å². The number of nitrogens with one attached hydrogen (secondary N) is 1. The van der Waals surface area contributed by atoms with E-state index in [1.54, 1.807) is 18.9 Å². The summed E-state index contributed by atoms with van der Waals surface area (Å²) < 4.78 is 6.99. The lowest BCUT2D eigenvalue weighted by molar-refractivity contribution is 0.414. The summed E-state index contributed by atoms with van der Waals surface area (Å²) in [5, 5.41) is 16.1. The SMILES string of the molecule is COc1ccc(CSc2nnnn2CCNC(C)C)cc1. The summed E-state index contributed by atoms with van der Waals surface area (Å²) in [5.74, 6) is 1.70. The third-order valence-electron chi connectivity index (χ3n) is 2.90. The molecule has 0 amide bonds. The third-order valence-corrected chi connectivity index (χ3v) is 3.93. The summed E-state index contributed by atoms with van der Waals surface area (Å²) in [6, 6.07) is 8.51. The fourth-order valence-corrected chi connectivity index (χ4v) is 2.63. The van der Waals surface area contributed by atoms with Crippen LogP contribution in [0.15, 0.2) is 29.4 Å². The van der Waals surface area contributed by atoms with Crippen molar-refractivity contribution < 1.29 is 4.74 Å². The smallest absolute Gasteiger partial charge is 0.209 e. The van der Waals surface area contributed by atoms with E-state index in [1.165, 1.54) is 5.56 Å². The number of benzene rings is 1. The van der Waals surface area contributed by atoms with E-state index in [0.29, 0.717) is 6.04 Å². The molecule has 0 atom stereocenters. The number of ether oxygens (including phenoxy) is 1. The zero-order chi connectivity index (χ0) is 15.1. The summed E-state index contributed by atoms with van der Waals surface area (Å²) in [7, 11) is 1.67. The highest BCUT2D eigenvalue weighted by Gasteiger charge is 2.07. The van der Waals surface area contributed by atoms with Crippen LogP contribution in [0.3, 0.4) is 0 Å². The molecule has 0 saturated heterocycles. The number of hydrogen-bond donors (Lipinski definition) is 1. The summed E-state index contributed by atoms with van der Waals surface area (Å²) in [6.45, 7) is 5.88. The molecular weight excluding hydrogens is 286 g/mol. The zero-order valence-corrected chi connectivity index (χ0v) is 13.4. The number of nitrogens with zero attached hydrogens (tertiary/aromatic N) is 4. The minimum atomic E-state index is 0.469. The van der Waals surface area contributed by atoms with Gasteiger partial charge in [-0.3, -0.25) is 0 Å². The van der Waals surface area contributed by atoms with Gasteiger partial charge in [-0.2, -0.15) is 0 Å². The molecule has 6 nitrogen and oxygen atoms in total. The van der Waals surface area contributed by atoms with E-state index < -0.39 is 0 Å². The minimum absolute atomic E-state index is 0.469. The molecule has 0 spiro atoms. The van der Waals surface area contributed by atoms with Gasteiger partial charge in [-0.25, -0.2) is 4.68 Å². The van der Waals surface area contributed by atoms with Crippen molar-refractivity contribution in [1.82, 2.24) is 25.5 Å². The molecule has 0 unspecified atom stereocenters. The second-order valence-electron chi connectivity index (χ2n) is 4.93. The number of thioether (sulfide) groups is 1. The van der Waals surface area contributed by atoms with Crippen LogP contribution in [-0.2, 0) is 12.3 Å². The van der Waals surface area contributed by atoms with Crippen LogP contribution in [0.2, 0.25) is 0 Å². The number of hydrogen-bond acceptors (Lipinski definition) is 6. The average molecular weight is 307 g/mol. The maximum absolute atomic E-state index is 5.15. The van der Waals surface area contributed by atoms with Crippen LogP contribution in [0.25, 0.3) is 0 Å². The van der Waals surface area contributed by atoms with Crippen molar-refractivity contribution in [3.8, 4) is 5.75 Å². The molecule has 0 aliphatic heterocycles. The van der Waals surface area contributed by atoms with Crippen LogP contribution in [0.1, 0.15) is 19.4 Å². The molecule has 0 radical (unpaired) electrons.